The number of hydrogen-bond acceptors (Lipinski definition) is 5. The number of esters is 1. The normalized spacial score (nSPS) is 18.7. The Morgan fingerprint density at radius 2 is 2.17 bits per heavy atom. The molecule has 1 aliphatic rings. The molecule has 1 fully saturated rings. The monoisotopic (exact) mass is 330 g/mol. The lowest BCUT2D eigenvalue weighted by molar-refractivity contribution is -0.145. The predicted molar refractivity (Wildman–Crippen MR) is 90.8 cm³/mol. The maximum absolute atomic E-state index is 12.6. The highest BCUT2D eigenvalue weighted by Crippen LogP contribution is 2.16. The number of methoxy groups -OCH3 is 1. The SMILES string of the molecule is COC(=O)CC1CN(Cc2cc3ccccc3n(C)c2=O)CCO1. The molecule has 0 saturated carbocycles. The van der Waals surface area contributed by atoms with Crippen molar-refractivity contribution in [3.8, 4) is 0 Å². The first-order valence-electron chi connectivity index (χ1n) is 8.07. The highest BCUT2D eigenvalue weighted by molar-refractivity contribution is 5.79. The van der Waals surface area contributed by atoms with Crippen molar-refractivity contribution in [1.82, 2.24) is 9.47 Å². The van der Waals surface area contributed by atoms with Crippen LogP contribution in [0.2, 0.25) is 0 Å². The molecular weight excluding hydrogens is 308 g/mol. The summed E-state index contributed by atoms with van der Waals surface area (Å²) in [7, 11) is 3.18. The van der Waals surface area contributed by atoms with Gasteiger partial charge in [-0.05, 0) is 17.5 Å². The molecule has 0 amide bonds. The molecule has 2 aromatic rings. The van der Waals surface area contributed by atoms with Gasteiger partial charge in [-0.3, -0.25) is 14.5 Å². The molecule has 1 aromatic heterocycles. The van der Waals surface area contributed by atoms with E-state index < -0.39 is 0 Å². The summed E-state index contributed by atoms with van der Waals surface area (Å²) < 4.78 is 12.0. The van der Waals surface area contributed by atoms with Gasteiger partial charge in [0.15, 0.2) is 0 Å². The quantitative estimate of drug-likeness (QED) is 0.791. The van der Waals surface area contributed by atoms with E-state index >= 15 is 0 Å². The minimum atomic E-state index is -0.275. The number of morpholine rings is 1. The molecule has 6 nitrogen and oxygen atoms in total. The Labute approximate surface area is 140 Å². The van der Waals surface area contributed by atoms with Gasteiger partial charge in [0.2, 0.25) is 0 Å². The van der Waals surface area contributed by atoms with Crippen LogP contribution in [0.3, 0.4) is 0 Å². The summed E-state index contributed by atoms with van der Waals surface area (Å²) in [5.74, 6) is -0.275. The fraction of sp³-hybridized carbons (Fsp3) is 0.444. The summed E-state index contributed by atoms with van der Waals surface area (Å²) in [6.07, 6.45) is 0.0541. The van der Waals surface area contributed by atoms with Crippen LogP contribution in [0.4, 0.5) is 0 Å². The van der Waals surface area contributed by atoms with Gasteiger partial charge in [-0.15, -0.1) is 0 Å². The second kappa shape index (κ2) is 7.15. The van der Waals surface area contributed by atoms with Gasteiger partial charge < -0.3 is 14.0 Å². The molecular formula is C18H22N2O4. The first-order chi connectivity index (χ1) is 11.6. The number of carbonyl (C=O) groups excluding carboxylic acids is 1. The highest BCUT2D eigenvalue weighted by atomic mass is 16.5. The van der Waals surface area contributed by atoms with Crippen molar-refractivity contribution < 1.29 is 14.3 Å². The third-order valence-corrected chi connectivity index (χ3v) is 4.45. The van der Waals surface area contributed by atoms with Crippen molar-refractivity contribution >= 4 is 16.9 Å². The number of nitrogens with zero attached hydrogens (tertiary/aromatic N) is 2. The number of carbonyl (C=O) groups is 1. The Bertz CT molecular complexity index is 799. The van der Waals surface area contributed by atoms with Crippen molar-refractivity contribution in [3.63, 3.8) is 0 Å². The molecule has 128 valence electrons. The Morgan fingerprint density at radius 1 is 1.38 bits per heavy atom. The lowest BCUT2D eigenvalue weighted by atomic mass is 10.1. The maximum Gasteiger partial charge on any atom is 0.308 e. The van der Waals surface area contributed by atoms with Gasteiger partial charge in [0.1, 0.15) is 0 Å². The summed E-state index contributed by atoms with van der Waals surface area (Å²) in [4.78, 5) is 26.2. The average molecular weight is 330 g/mol. The molecule has 2 heterocycles. The zero-order valence-corrected chi connectivity index (χ0v) is 14.0. The predicted octanol–water partition coefficient (Wildman–Crippen LogP) is 1.30. The number of ether oxygens (including phenoxy) is 2. The molecule has 3 rings (SSSR count). The Balaban J connectivity index is 1.78. The van der Waals surface area contributed by atoms with Gasteiger partial charge in [0.25, 0.3) is 5.56 Å². The number of aryl methyl sites for hydroxylation is 1. The van der Waals surface area contributed by atoms with Gasteiger partial charge >= 0.3 is 5.97 Å². The van der Waals surface area contributed by atoms with Crippen LogP contribution in [-0.2, 0) is 27.9 Å². The third-order valence-electron chi connectivity index (χ3n) is 4.45. The second-order valence-corrected chi connectivity index (χ2v) is 6.10. The van der Waals surface area contributed by atoms with Crippen LogP contribution in [0.25, 0.3) is 10.9 Å². The maximum atomic E-state index is 12.6. The number of benzene rings is 1. The van der Waals surface area contributed by atoms with Gasteiger partial charge in [0.05, 0.1) is 31.8 Å². The van der Waals surface area contributed by atoms with Crippen LogP contribution in [0, 0.1) is 0 Å². The second-order valence-electron chi connectivity index (χ2n) is 6.10. The molecule has 1 unspecified atom stereocenters. The van der Waals surface area contributed by atoms with E-state index in [4.69, 9.17) is 9.47 Å². The highest BCUT2D eigenvalue weighted by Gasteiger charge is 2.24. The molecule has 0 aliphatic carbocycles. The van der Waals surface area contributed by atoms with Gasteiger partial charge in [-0.1, -0.05) is 18.2 Å². The van der Waals surface area contributed by atoms with Crippen LogP contribution in [-0.4, -0.2) is 48.3 Å². The number of hydrogen-bond donors (Lipinski definition) is 0. The Kier molecular flexibility index (Phi) is 4.97. The zero-order valence-electron chi connectivity index (χ0n) is 14.0. The van der Waals surface area contributed by atoms with Crippen LogP contribution in [0.15, 0.2) is 35.1 Å². The number of para-hydroxylation sites is 1. The van der Waals surface area contributed by atoms with Crippen molar-refractivity contribution in [2.24, 2.45) is 7.05 Å². The molecule has 0 N–H and O–H groups in total. The van der Waals surface area contributed by atoms with E-state index in [2.05, 4.69) is 4.90 Å². The first kappa shape index (κ1) is 16.7. The minimum absolute atomic E-state index is 0.0182. The van der Waals surface area contributed by atoms with Crippen molar-refractivity contribution in [3.05, 3.63) is 46.2 Å². The molecule has 1 aliphatic heterocycles. The fourth-order valence-corrected chi connectivity index (χ4v) is 3.16. The lowest BCUT2D eigenvalue weighted by Gasteiger charge is -2.32. The summed E-state index contributed by atoms with van der Waals surface area (Å²) in [5.41, 5.74) is 1.71. The lowest BCUT2D eigenvalue weighted by Crippen LogP contribution is -2.43. The van der Waals surface area contributed by atoms with Crippen molar-refractivity contribution in [2.45, 2.75) is 19.1 Å². The third kappa shape index (κ3) is 3.49. The summed E-state index contributed by atoms with van der Waals surface area (Å²) in [6.45, 7) is 2.47. The number of fused-ring (bicyclic) bond motifs is 1. The zero-order chi connectivity index (χ0) is 17.1. The smallest absolute Gasteiger partial charge is 0.308 e. The van der Waals surface area contributed by atoms with E-state index in [1.165, 1.54) is 7.11 Å². The molecule has 6 heteroatoms. The van der Waals surface area contributed by atoms with E-state index in [0.717, 1.165) is 23.0 Å². The molecule has 0 radical (unpaired) electrons. The number of pyridine rings is 1. The molecule has 1 atom stereocenters. The van der Waals surface area contributed by atoms with Crippen LogP contribution >= 0.6 is 0 Å². The van der Waals surface area contributed by atoms with Crippen molar-refractivity contribution in [1.29, 1.82) is 0 Å². The summed E-state index contributed by atoms with van der Waals surface area (Å²) >= 11 is 0. The average Bonchev–Trinajstić information content (AvgIpc) is 2.59. The van der Waals surface area contributed by atoms with Gasteiger partial charge in [0, 0.05) is 32.2 Å². The van der Waals surface area contributed by atoms with E-state index in [9.17, 15) is 9.59 Å². The van der Waals surface area contributed by atoms with Gasteiger partial charge in [-0.25, -0.2) is 0 Å². The summed E-state index contributed by atoms with van der Waals surface area (Å²) in [6, 6.07) is 9.82. The molecule has 0 spiro atoms. The fourth-order valence-electron chi connectivity index (χ4n) is 3.16. The van der Waals surface area contributed by atoms with E-state index in [0.29, 0.717) is 19.7 Å². The molecule has 1 saturated heterocycles. The minimum Gasteiger partial charge on any atom is -0.469 e. The van der Waals surface area contributed by atoms with Crippen LogP contribution < -0.4 is 5.56 Å². The summed E-state index contributed by atoms with van der Waals surface area (Å²) in [5, 5.41) is 1.05. The molecule has 24 heavy (non-hydrogen) atoms. The number of rotatable bonds is 4. The van der Waals surface area contributed by atoms with E-state index in [1.54, 1.807) is 11.6 Å². The standard InChI is InChI=1S/C18H22N2O4/c1-19-16-6-4-3-5-13(16)9-14(18(19)22)11-20-7-8-24-15(12-20)10-17(21)23-2/h3-6,9,15H,7-8,10-12H2,1-2H3. The Morgan fingerprint density at radius 3 is 2.96 bits per heavy atom. The van der Waals surface area contributed by atoms with Crippen LogP contribution in [0.5, 0.6) is 0 Å². The number of aromatic nitrogens is 1. The largest absolute Gasteiger partial charge is 0.469 e. The van der Waals surface area contributed by atoms with Crippen LogP contribution in [0.1, 0.15) is 12.0 Å². The van der Waals surface area contributed by atoms with E-state index in [-0.39, 0.29) is 24.1 Å². The molecule has 0 bridgehead atoms. The topological polar surface area (TPSA) is 60.8 Å². The Hall–Kier alpha value is -2.18. The first-order valence-corrected chi connectivity index (χ1v) is 8.07. The van der Waals surface area contributed by atoms with Gasteiger partial charge in [-0.2, -0.15) is 0 Å². The molecule has 1 aromatic carbocycles. The van der Waals surface area contributed by atoms with Crippen molar-refractivity contribution in [2.75, 3.05) is 26.8 Å². The van der Waals surface area contributed by atoms with E-state index in [1.807, 2.05) is 30.3 Å².